The molecule has 16 heavy (non-hydrogen) atoms. The molecule has 2 aromatic rings. The maximum atomic E-state index is 11.3. The molecule has 0 fully saturated rings. The number of hydrogen-bond donors (Lipinski definition) is 0. The summed E-state index contributed by atoms with van der Waals surface area (Å²) in [6.07, 6.45) is 0. The van der Waals surface area contributed by atoms with Gasteiger partial charge < -0.3 is 0 Å². The van der Waals surface area contributed by atoms with E-state index in [-0.39, 0.29) is 5.78 Å². The minimum Gasteiger partial charge on any atom is -0.292 e. The number of aromatic nitrogens is 1. The third kappa shape index (κ3) is 2.04. The molecule has 0 amide bonds. The van der Waals surface area contributed by atoms with Gasteiger partial charge in [-0.2, -0.15) is 0 Å². The normalized spacial score (nSPS) is 10.4. The van der Waals surface area contributed by atoms with E-state index in [9.17, 15) is 4.79 Å². The van der Waals surface area contributed by atoms with Crippen LogP contribution in [0.5, 0.6) is 0 Å². The van der Waals surface area contributed by atoms with Gasteiger partial charge in [-0.05, 0) is 19.9 Å². The van der Waals surface area contributed by atoms with Crippen LogP contribution in [0.1, 0.15) is 27.2 Å². The lowest BCUT2D eigenvalue weighted by Gasteiger charge is -1.99. The fourth-order valence-electron chi connectivity index (χ4n) is 1.61. The van der Waals surface area contributed by atoms with Gasteiger partial charge in [0.15, 0.2) is 10.8 Å². The van der Waals surface area contributed by atoms with Crippen molar-refractivity contribution in [3.05, 3.63) is 39.7 Å². The third-order valence-corrected chi connectivity index (χ3v) is 3.46. The Morgan fingerprint density at radius 1 is 1.31 bits per heavy atom. The van der Waals surface area contributed by atoms with Crippen molar-refractivity contribution in [2.75, 3.05) is 0 Å². The van der Waals surface area contributed by atoms with Crippen molar-refractivity contribution in [3.63, 3.8) is 0 Å². The lowest BCUT2D eigenvalue weighted by Crippen LogP contribution is -1.90. The molecule has 0 saturated heterocycles. The number of benzene rings is 1. The number of hydrogen-bond acceptors (Lipinski definition) is 3. The molecule has 1 aromatic carbocycles. The zero-order valence-electron chi connectivity index (χ0n) is 9.57. The van der Waals surface area contributed by atoms with Gasteiger partial charge in [0.25, 0.3) is 0 Å². The van der Waals surface area contributed by atoms with Crippen molar-refractivity contribution in [1.29, 1.82) is 0 Å². The monoisotopic (exact) mass is 231 g/mol. The van der Waals surface area contributed by atoms with Crippen LogP contribution in [0.2, 0.25) is 0 Å². The summed E-state index contributed by atoms with van der Waals surface area (Å²) in [5.74, 6) is 0.0343. The molecule has 0 atom stereocenters. The predicted molar refractivity (Wildman–Crippen MR) is 67.0 cm³/mol. The van der Waals surface area contributed by atoms with E-state index < -0.39 is 0 Å². The Morgan fingerprint density at radius 3 is 2.62 bits per heavy atom. The topological polar surface area (TPSA) is 30.0 Å². The van der Waals surface area contributed by atoms with Crippen LogP contribution in [0, 0.1) is 13.8 Å². The van der Waals surface area contributed by atoms with Crippen molar-refractivity contribution in [2.24, 2.45) is 0 Å². The summed E-state index contributed by atoms with van der Waals surface area (Å²) in [5.41, 5.74) is 3.22. The number of ketones is 1. The summed E-state index contributed by atoms with van der Waals surface area (Å²) >= 11 is 1.46. The minimum absolute atomic E-state index is 0.0343. The average Bonchev–Trinajstić information content (AvgIpc) is 2.60. The number of carbonyl (C=O) groups is 1. The summed E-state index contributed by atoms with van der Waals surface area (Å²) in [5, 5.41) is 0.592. The predicted octanol–water partition coefficient (Wildman–Crippen LogP) is 3.63. The maximum Gasteiger partial charge on any atom is 0.188 e. The molecule has 0 bridgehead atoms. The standard InChI is InChI=1S/C13H13NOS/c1-8-5-4-6-11(7-8)12-10(3)16-13(14-12)9(2)15/h4-7H,1-3H3. The number of Topliss-reactive ketones (excluding diaryl/α,β-unsaturated/α-hetero) is 1. The van der Waals surface area contributed by atoms with Crippen molar-refractivity contribution in [3.8, 4) is 11.3 Å². The van der Waals surface area contributed by atoms with Crippen LogP contribution in [0.3, 0.4) is 0 Å². The molecule has 2 nitrogen and oxygen atoms in total. The Labute approximate surface area is 99.0 Å². The van der Waals surface area contributed by atoms with E-state index in [0.717, 1.165) is 16.1 Å². The van der Waals surface area contributed by atoms with E-state index in [2.05, 4.69) is 24.0 Å². The maximum absolute atomic E-state index is 11.3. The molecule has 3 heteroatoms. The van der Waals surface area contributed by atoms with Crippen molar-refractivity contribution in [2.45, 2.75) is 20.8 Å². The number of nitrogens with zero attached hydrogens (tertiary/aromatic N) is 1. The summed E-state index contributed by atoms with van der Waals surface area (Å²) in [4.78, 5) is 16.7. The quantitative estimate of drug-likeness (QED) is 0.739. The second-order valence-corrected chi connectivity index (χ2v) is 5.05. The van der Waals surface area contributed by atoms with Crippen LogP contribution >= 0.6 is 11.3 Å². The van der Waals surface area contributed by atoms with Gasteiger partial charge in [0.05, 0.1) is 5.69 Å². The van der Waals surface area contributed by atoms with E-state index in [0.29, 0.717) is 5.01 Å². The van der Waals surface area contributed by atoms with Gasteiger partial charge >= 0.3 is 0 Å². The number of carbonyl (C=O) groups excluding carboxylic acids is 1. The molecule has 1 aromatic heterocycles. The van der Waals surface area contributed by atoms with Gasteiger partial charge in [-0.15, -0.1) is 11.3 Å². The van der Waals surface area contributed by atoms with Crippen molar-refractivity contribution < 1.29 is 4.79 Å². The lowest BCUT2D eigenvalue weighted by atomic mass is 10.1. The van der Waals surface area contributed by atoms with E-state index >= 15 is 0 Å². The molecule has 0 saturated carbocycles. The molecule has 2 rings (SSSR count). The Hall–Kier alpha value is -1.48. The fraction of sp³-hybridized carbons (Fsp3) is 0.231. The van der Waals surface area contributed by atoms with E-state index in [1.54, 1.807) is 6.92 Å². The Morgan fingerprint density at radius 2 is 2.06 bits per heavy atom. The SMILES string of the molecule is CC(=O)c1nc(-c2cccc(C)c2)c(C)s1. The first-order chi connectivity index (χ1) is 7.58. The van der Waals surface area contributed by atoms with Crippen LogP contribution < -0.4 is 0 Å². The van der Waals surface area contributed by atoms with Gasteiger partial charge in [-0.3, -0.25) is 4.79 Å². The second kappa shape index (κ2) is 4.18. The highest BCUT2D eigenvalue weighted by Crippen LogP contribution is 2.28. The summed E-state index contributed by atoms with van der Waals surface area (Å²) in [7, 11) is 0. The zero-order valence-corrected chi connectivity index (χ0v) is 10.4. The molecular weight excluding hydrogens is 218 g/mol. The van der Waals surface area contributed by atoms with E-state index in [1.165, 1.54) is 16.9 Å². The van der Waals surface area contributed by atoms with Gasteiger partial charge in [0.2, 0.25) is 0 Å². The van der Waals surface area contributed by atoms with Gasteiger partial charge in [-0.1, -0.05) is 23.8 Å². The fourth-order valence-corrected chi connectivity index (χ4v) is 2.44. The van der Waals surface area contributed by atoms with Crippen LogP contribution in [-0.4, -0.2) is 10.8 Å². The Kier molecular flexibility index (Phi) is 2.88. The molecule has 0 aliphatic heterocycles. The molecule has 82 valence electrons. The molecule has 1 heterocycles. The van der Waals surface area contributed by atoms with Gasteiger partial charge in [0.1, 0.15) is 0 Å². The van der Waals surface area contributed by atoms with Gasteiger partial charge in [-0.25, -0.2) is 4.98 Å². The van der Waals surface area contributed by atoms with Crippen molar-refractivity contribution in [1.82, 2.24) is 4.98 Å². The van der Waals surface area contributed by atoms with Crippen LogP contribution in [0.25, 0.3) is 11.3 Å². The molecule has 0 aliphatic carbocycles. The number of aryl methyl sites for hydroxylation is 2. The highest BCUT2D eigenvalue weighted by molar-refractivity contribution is 7.14. The molecule has 0 aliphatic rings. The Bertz CT molecular complexity index is 543. The smallest absolute Gasteiger partial charge is 0.188 e. The second-order valence-electron chi connectivity index (χ2n) is 3.85. The summed E-state index contributed by atoms with van der Waals surface area (Å²) < 4.78 is 0. The summed E-state index contributed by atoms with van der Waals surface area (Å²) in [6.45, 7) is 5.61. The first kappa shape index (κ1) is 11.0. The number of rotatable bonds is 2. The van der Waals surface area contributed by atoms with Crippen molar-refractivity contribution >= 4 is 17.1 Å². The van der Waals surface area contributed by atoms with E-state index in [4.69, 9.17) is 0 Å². The molecule has 0 spiro atoms. The van der Waals surface area contributed by atoms with Crippen LogP contribution in [-0.2, 0) is 0 Å². The van der Waals surface area contributed by atoms with Gasteiger partial charge in [0, 0.05) is 17.4 Å². The highest BCUT2D eigenvalue weighted by atomic mass is 32.1. The molecule has 0 unspecified atom stereocenters. The van der Waals surface area contributed by atoms with E-state index in [1.807, 2.05) is 19.1 Å². The average molecular weight is 231 g/mol. The first-order valence-electron chi connectivity index (χ1n) is 5.13. The lowest BCUT2D eigenvalue weighted by molar-refractivity contribution is 0.101. The third-order valence-electron chi connectivity index (χ3n) is 2.39. The summed E-state index contributed by atoms with van der Waals surface area (Å²) in [6, 6.07) is 8.18. The number of thiazole rings is 1. The minimum atomic E-state index is 0.0343. The molecular formula is C13H13NOS. The highest BCUT2D eigenvalue weighted by Gasteiger charge is 2.12. The van der Waals surface area contributed by atoms with Crippen LogP contribution in [0.4, 0.5) is 0 Å². The Balaban J connectivity index is 2.52. The molecule has 0 N–H and O–H groups in total. The zero-order chi connectivity index (χ0) is 11.7. The molecule has 0 radical (unpaired) electrons. The largest absolute Gasteiger partial charge is 0.292 e. The first-order valence-corrected chi connectivity index (χ1v) is 5.95. The van der Waals surface area contributed by atoms with Crippen LogP contribution in [0.15, 0.2) is 24.3 Å².